The molecule has 1 saturated heterocycles. The second-order valence-electron chi connectivity index (χ2n) is 7.90. The van der Waals surface area contributed by atoms with Crippen molar-refractivity contribution in [1.82, 2.24) is 10.2 Å². The molecule has 1 N–H and O–H groups in total. The Morgan fingerprint density at radius 3 is 2.42 bits per heavy atom. The summed E-state index contributed by atoms with van der Waals surface area (Å²) in [6.45, 7) is 12.3. The van der Waals surface area contributed by atoms with E-state index >= 15 is 0 Å². The Morgan fingerprint density at radius 2 is 1.89 bits per heavy atom. The predicted molar refractivity (Wildman–Crippen MR) is 83.4 cm³/mol. The van der Waals surface area contributed by atoms with Crippen LogP contribution >= 0.6 is 0 Å². The summed E-state index contributed by atoms with van der Waals surface area (Å²) in [5.74, 6) is 1.84. The molecule has 1 aliphatic carbocycles. The van der Waals surface area contributed by atoms with Gasteiger partial charge in [0.1, 0.15) is 0 Å². The Kier molecular flexibility index (Phi) is 4.94. The van der Waals surface area contributed by atoms with Gasteiger partial charge in [0.15, 0.2) is 0 Å². The molecule has 2 fully saturated rings. The highest BCUT2D eigenvalue weighted by Gasteiger charge is 2.39. The van der Waals surface area contributed by atoms with Gasteiger partial charge in [-0.3, -0.25) is 4.90 Å². The van der Waals surface area contributed by atoms with E-state index in [1.54, 1.807) is 0 Å². The first-order valence-electron chi connectivity index (χ1n) is 8.37. The lowest BCUT2D eigenvalue weighted by molar-refractivity contribution is 0.0716. The number of nitrogens with one attached hydrogen (secondary N) is 1. The standard InChI is InChI=1S/C17H34N2/c1-6-13-9-10-19(12-13)16-11-14(17(2,3)4)7-8-15(16)18-5/h13-16,18H,6-12H2,1-5H3. The minimum atomic E-state index is 0.473. The SMILES string of the molecule is CCC1CCN(C2CC(C(C)(C)C)CCC2NC)C1. The molecule has 1 saturated carbocycles. The van der Waals surface area contributed by atoms with E-state index in [9.17, 15) is 0 Å². The minimum Gasteiger partial charge on any atom is -0.315 e. The molecule has 2 nitrogen and oxygen atoms in total. The van der Waals surface area contributed by atoms with Gasteiger partial charge in [0.25, 0.3) is 0 Å². The summed E-state index contributed by atoms with van der Waals surface area (Å²) < 4.78 is 0. The first kappa shape index (κ1) is 15.3. The molecule has 0 bridgehead atoms. The maximum absolute atomic E-state index is 3.59. The zero-order chi connectivity index (χ0) is 14.0. The fourth-order valence-corrected chi connectivity index (χ4v) is 4.17. The molecular weight excluding hydrogens is 232 g/mol. The summed E-state index contributed by atoms with van der Waals surface area (Å²) in [7, 11) is 2.16. The van der Waals surface area contributed by atoms with Crippen molar-refractivity contribution in [1.29, 1.82) is 0 Å². The Morgan fingerprint density at radius 1 is 1.16 bits per heavy atom. The highest BCUT2D eigenvalue weighted by molar-refractivity contribution is 4.95. The Hall–Kier alpha value is -0.0800. The predicted octanol–water partition coefficient (Wildman–Crippen LogP) is 3.52. The molecule has 112 valence electrons. The van der Waals surface area contributed by atoms with Gasteiger partial charge >= 0.3 is 0 Å². The lowest BCUT2D eigenvalue weighted by atomic mass is 9.69. The van der Waals surface area contributed by atoms with Crippen LogP contribution in [0.2, 0.25) is 0 Å². The highest BCUT2D eigenvalue weighted by Crippen LogP contribution is 2.40. The average Bonchev–Trinajstić information content (AvgIpc) is 2.85. The van der Waals surface area contributed by atoms with Crippen molar-refractivity contribution in [2.45, 2.75) is 71.9 Å². The topological polar surface area (TPSA) is 15.3 Å². The van der Waals surface area contributed by atoms with Crippen LogP contribution in [0.1, 0.15) is 59.8 Å². The molecular formula is C17H34N2. The molecule has 2 heteroatoms. The summed E-state index contributed by atoms with van der Waals surface area (Å²) in [4.78, 5) is 2.80. The molecule has 1 heterocycles. The Bertz CT molecular complexity index is 281. The van der Waals surface area contributed by atoms with Crippen molar-refractivity contribution in [2.24, 2.45) is 17.3 Å². The van der Waals surface area contributed by atoms with E-state index in [1.165, 1.54) is 45.2 Å². The molecule has 4 atom stereocenters. The molecule has 0 aromatic carbocycles. The number of likely N-dealkylation sites (N-methyl/N-ethyl adjacent to an activating group) is 1. The van der Waals surface area contributed by atoms with Gasteiger partial charge in [-0.05, 0) is 56.5 Å². The molecule has 4 unspecified atom stereocenters. The third-order valence-corrected chi connectivity index (χ3v) is 5.78. The third kappa shape index (κ3) is 3.52. The second kappa shape index (κ2) is 6.13. The molecule has 0 aromatic rings. The molecule has 0 aromatic heterocycles. The van der Waals surface area contributed by atoms with Gasteiger partial charge in [-0.15, -0.1) is 0 Å². The maximum Gasteiger partial charge on any atom is 0.0252 e. The second-order valence-corrected chi connectivity index (χ2v) is 7.90. The lowest BCUT2D eigenvalue weighted by Crippen LogP contribution is -2.53. The smallest absolute Gasteiger partial charge is 0.0252 e. The van der Waals surface area contributed by atoms with Gasteiger partial charge < -0.3 is 5.32 Å². The normalized spacial score (nSPS) is 37.7. The van der Waals surface area contributed by atoms with E-state index in [4.69, 9.17) is 0 Å². The van der Waals surface area contributed by atoms with Crippen molar-refractivity contribution < 1.29 is 0 Å². The monoisotopic (exact) mass is 266 g/mol. The van der Waals surface area contributed by atoms with E-state index < -0.39 is 0 Å². The zero-order valence-corrected chi connectivity index (χ0v) is 13.7. The summed E-state index contributed by atoms with van der Waals surface area (Å²) in [6.07, 6.45) is 6.93. The summed E-state index contributed by atoms with van der Waals surface area (Å²) >= 11 is 0. The lowest BCUT2D eigenvalue weighted by Gasteiger charge is -2.45. The van der Waals surface area contributed by atoms with Crippen molar-refractivity contribution in [2.75, 3.05) is 20.1 Å². The van der Waals surface area contributed by atoms with E-state index in [1.807, 2.05) is 0 Å². The van der Waals surface area contributed by atoms with E-state index in [-0.39, 0.29) is 0 Å². The minimum absolute atomic E-state index is 0.473. The van der Waals surface area contributed by atoms with Crippen LogP contribution < -0.4 is 5.32 Å². The van der Waals surface area contributed by atoms with E-state index in [0.717, 1.165) is 17.9 Å². The van der Waals surface area contributed by atoms with Crippen LogP contribution in [-0.4, -0.2) is 37.1 Å². The summed E-state index contributed by atoms with van der Waals surface area (Å²) in [5, 5.41) is 3.59. The molecule has 0 amide bonds. The van der Waals surface area contributed by atoms with Gasteiger partial charge in [0.05, 0.1) is 0 Å². The van der Waals surface area contributed by atoms with E-state index in [0.29, 0.717) is 11.5 Å². The molecule has 1 aliphatic heterocycles. The van der Waals surface area contributed by atoms with Gasteiger partial charge in [-0.1, -0.05) is 34.1 Å². The maximum atomic E-state index is 3.59. The number of hydrogen-bond acceptors (Lipinski definition) is 2. The Balaban J connectivity index is 2.02. The molecule has 2 rings (SSSR count). The number of likely N-dealkylation sites (tertiary alicyclic amines) is 1. The average molecular weight is 266 g/mol. The van der Waals surface area contributed by atoms with Gasteiger partial charge in [0.2, 0.25) is 0 Å². The van der Waals surface area contributed by atoms with Crippen molar-refractivity contribution in [3.8, 4) is 0 Å². The molecule has 0 radical (unpaired) electrons. The zero-order valence-electron chi connectivity index (χ0n) is 13.7. The Labute approximate surface area is 120 Å². The van der Waals surface area contributed by atoms with Crippen LogP contribution in [0, 0.1) is 17.3 Å². The number of rotatable bonds is 3. The first-order valence-corrected chi connectivity index (χ1v) is 8.37. The quantitative estimate of drug-likeness (QED) is 0.841. The third-order valence-electron chi connectivity index (χ3n) is 5.78. The largest absolute Gasteiger partial charge is 0.315 e. The summed E-state index contributed by atoms with van der Waals surface area (Å²) in [5.41, 5.74) is 0.473. The molecule has 19 heavy (non-hydrogen) atoms. The van der Waals surface area contributed by atoms with Crippen LogP contribution in [0.4, 0.5) is 0 Å². The molecule has 2 aliphatic rings. The van der Waals surface area contributed by atoms with Gasteiger partial charge in [0, 0.05) is 18.6 Å². The van der Waals surface area contributed by atoms with Crippen LogP contribution in [0.5, 0.6) is 0 Å². The van der Waals surface area contributed by atoms with E-state index in [2.05, 4.69) is 45.0 Å². The van der Waals surface area contributed by atoms with Crippen molar-refractivity contribution >= 4 is 0 Å². The van der Waals surface area contributed by atoms with Crippen LogP contribution in [0.25, 0.3) is 0 Å². The van der Waals surface area contributed by atoms with Gasteiger partial charge in [-0.25, -0.2) is 0 Å². The number of hydrogen-bond donors (Lipinski definition) is 1. The number of nitrogens with zero attached hydrogens (tertiary/aromatic N) is 1. The fraction of sp³-hybridized carbons (Fsp3) is 1.00. The first-order chi connectivity index (χ1) is 8.95. The summed E-state index contributed by atoms with van der Waals surface area (Å²) in [6, 6.07) is 1.49. The molecule has 0 spiro atoms. The van der Waals surface area contributed by atoms with Crippen LogP contribution in [0.15, 0.2) is 0 Å². The highest BCUT2D eigenvalue weighted by atomic mass is 15.2. The van der Waals surface area contributed by atoms with Crippen LogP contribution in [-0.2, 0) is 0 Å². The van der Waals surface area contributed by atoms with Gasteiger partial charge in [-0.2, -0.15) is 0 Å². The van der Waals surface area contributed by atoms with Crippen molar-refractivity contribution in [3.63, 3.8) is 0 Å². The van der Waals surface area contributed by atoms with Crippen molar-refractivity contribution in [3.05, 3.63) is 0 Å². The van der Waals surface area contributed by atoms with Crippen LogP contribution in [0.3, 0.4) is 0 Å². The fourth-order valence-electron chi connectivity index (χ4n) is 4.17.